The lowest BCUT2D eigenvalue weighted by Gasteiger charge is -2.23. The fourth-order valence-corrected chi connectivity index (χ4v) is 3.52. The van der Waals surface area contributed by atoms with Crippen molar-refractivity contribution in [2.75, 3.05) is 13.1 Å². The molecular weight excluding hydrogens is 240 g/mol. The first-order valence-electron chi connectivity index (χ1n) is 6.35. The van der Waals surface area contributed by atoms with Gasteiger partial charge in [-0.15, -0.1) is 11.3 Å². The standard InChI is InChI=1S/C15H18N2S/c16-15(14-7-4-10-18-14)8-9-17(12-15)11-13-5-2-1-3-6-13/h1-7,10H,8-9,11-12,16H2. The summed E-state index contributed by atoms with van der Waals surface area (Å²) < 4.78 is 0. The van der Waals surface area contributed by atoms with E-state index in [1.54, 1.807) is 11.3 Å². The van der Waals surface area contributed by atoms with E-state index in [-0.39, 0.29) is 5.54 Å². The number of hydrogen-bond donors (Lipinski definition) is 1. The zero-order chi connectivity index (χ0) is 12.4. The van der Waals surface area contributed by atoms with E-state index >= 15 is 0 Å². The van der Waals surface area contributed by atoms with Crippen molar-refractivity contribution in [2.45, 2.75) is 18.5 Å². The maximum absolute atomic E-state index is 6.54. The first kappa shape index (κ1) is 11.9. The number of nitrogens with zero attached hydrogens (tertiary/aromatic N) is 1. The fraction of sp³-hybridized carbons (Fsp3) is 0.333. The Hall–Kier alpha value is -1.16. The second-order valence-electron chi connectivity index (χ2n) is 5.08. The second kappa shape index (κ2) is 4.84. The molecule has 1 unspecified atom stereocenters. The van der Waals surface area contributed by atoms with Crippen molar-refractivity contribution in [3.63, 3.8) is 0 Å². The highest BCUT2D eigenvalue weighted by molar-refractivity contribution is 7.10. The summed E-state index contributed by atoms with van der Waals surface area (Å²) in [5, 5.41) is 2.11. The van der Waals surface area contributed by atoms with E-state index in [0.717, 1.165) is 26.1 Å². The highest BCUT2D eigenvalue weighted by atomic mass is 32.1. The highest BCUT2D eigenvalue weighted by Gasteiger charge is 2.36. The maximum atomic E-state index is 6.54. The number of hydrogen-bond acceptors (Lipinski definition) is 3. The minimum absolute atomic E-state index is 0.136. The van der Waals surface area contributed by atoms with Crippen LogP contribution in [0.15, 0.2) is 47.8 Å². The molecule has 0 amide bonds. The van der Waals surface area contributed by atoms with Gasteiger partial charge in [0.25, 0.3) is 0 Å². The van der Waals surface area contributed by atoms with E-state index in [1.165, 1.54) is 10.4 Å². The van der Waals surface area contributed by atoms with Crippen LogP contribution in [-0.2, 0) is 12.1 Å². The van der Waals surface area contributed by atoms with Crippen molar-refractivity contribution < 1.29 is 0 Å². The Labute approximate surface area is 112 Å². The summed E-state index contributed by atoms with van der Waals surface area (Å²) in [6.45, 7) is 3.05. The maximum Gasteiger partial charge on any atom is 0.0644 e. The molecule has 1 aliphatic rings. The monoisotopic (exact) mass is 258 g/mol. The molecule has 3 heteroatoms. The average Bonchev–Trinajstić information content (AvgIpc) is 3.01. The molecule has 2 aromatic rings. The van der Waals surface area contributed by atoms with Gasteiger partial charge in [0, 0.05) is 24.5 Å². The van der Waals surface area contributed by atoms with Crippen molar-refractivity contribution in [1.29, 1.82) is 0 Å². The molecule has 2 N–H and O–H groups in total. The first-order chi connectivity index (χ1) is 8.76. The average molecular weight is 258 g/mol. The van der Waals surface area contributed by atoms with Crippen LogP contribution in [-0.4, -0.2) is 18.0 Å². The van der Waals surface area contributed by atoms with Gasteiger partial charge in [0.1, 0.15) is 0 Å². The van der Waals surface area contributed by atoms with Gasteiger partial charge in [-0.2, -0.15) is 0 Å². The molecule has 0 bridgehead atoms. The lowest BCUT2D eigenvalue weighted by molar-refractivity contribution is 0.306. The van der Waals surface area contributed by atoms with Crippen LogP contribution >= 0.6 is 11.3 Å². The number of likely N-dealkylation sites (tertiary alicyclic amines) is 1. The molecule has 1 atom stereocenters. The molecule has 1 saturated heterocycles. The topological polar surface area (TPSA) is 29.3 Å². The molecule has 1 aromatic carbocycles. The molecule has 0 radical (unpaired) electrons. The Morgan fingerprint density at radius 1 is 1.17 bits per heavy atom. The molecule has 2 heterocycles. The van der Waals surface area contributed by atoms with Gasteiger partial charge in [-0.1, -0.05) is 36.4 Å². The fourth-order valence-electron chi connectivity index (χ4n) is 2.65. The first-order valence-corrected chi connectivity index (χ1v) is 7.23. The normalized spacial score (nSPS) is 24.5. The van der Waals surface area contributed by atoms with Crippen molar-refractivity contribution in [3.8, 4) is 0 Å². The van der Waals surface area contributed by atoms with Crippen LogP contribution in [0.2, 0.25) is 0 Å². The minimum atomic E-state index is -0.136. The summed E-state index contributed by atoms with van der Waals surface area (Å²) in [6.07, 6.45) is 1.06. The predicted octanol–water partition coefficient (Wildman–Crippen LogP) is 2.81. The van der Waals surface area contributed by atoms with E-state index in [1.807, 2.05) is 0 Å². The molecule has 2 nitrogen and oxygen atoms in total. The van der Waals surface area contributed by atoms with Crippen LogP contribution in [0.1, 0.15) is 16.9 Å². The summed E-state index contributed by atoms with van der Waals surface area (Å²) in [5.74, 6) is 0. The highest BCUT2D eigenvalue weighted by Crippen LogP contribution is 2.32. The zero-order valence-corrected chi connectivity index (χ0v) is 11.2. The van der Waals surface area contributed by atoms with Crippen LogP contribution in [0, 0.1) is 0 Å². The van der Waals surface area contributed by atoms with Crippen molar-refractivity contribution >= 4 is 11.3 Å². The van der Waals surface area contributed by atoms with Crippen LogP contribution in [0.4, 0.5) is 0 Å². The van der Waals surface area contributed by atoms with E-state index in [2.05, 4.69) is 52.7 Å². The van der Waals surface area contributed by atoms with Crippen LogP contribution in [0.3, 0.4) is 0 Å². The Morgan fingerprint density at radius 3 is 2.72 bits per heavy atom. The van der Waals surface area contributed by atoms with Crippen molar-refractivity contribution in [2.24, 2.45) is 5.73 Å². The molecule has 1 aliphatic heterocycles. The zero-order valence-electron chi connectivity index (χ0n) is 10.4. The SMILES string of the molecule is NC1(c2cccs2)CCN(Cc2ccccc2)C1. The molecule has 1 fully saturated rings. The Bertz CT molecular complexity index is 494. The van der Waals surface area contributed by atoms with E-state index in [4.69, 9.17) is 5.73 Å². The van der Waals surface area contributed by atoms with Crippen LogP contribution in [0.5, 0.6) is 0 Å². The Morgan fingerprint density at radius 2 is 2.00 bits per heavy atom. The van der Waals surface area contributed by atoms with E-state index < -0.39 is 0 Å². The lowest BCUT2D eigenvalue weighted by atomic mass is 9.98. The summed E-state index contributed by atoms with van der Waals surface area (Å²) in [5.41, 5.74) is 7.77. The van der Waals surface area contributed by atoms with Gasteiger partial charge in [0.05, 0.1) is 5.54 Å². The minimum Gasteiger partial charge on any atom is -0.320 e. The molecule has 0 saturated carbocycles. The third-order valence-electron chi connectivity index (χ3n) is 3.64. The Balaban J connectivity index is 1.69. The van der Waals surface area contributed by atoms with Crippen molar-refractivity contribution in [3.05, 3.63) is 58.3 Å². The summed E-state index contributed by atoms with van der Waals surface area (Å²) in [6, 6.07) is 14.9. The second-order valence-corrected chi connectivity index (χ2v) is 6.03. The Kier molecular flexibility index (Phi) is 3.20. The van der Waals surface area contributed by atoms with E-state index in [9.17, 15) is 0 Å². The number of thiophene rings is 1. The van der Waals surface area contributed by atoms with Crippen LogP contribution < -0.4 is 5.73 Å². The molecule has 0 aliphatic carbocycles. The van der Waals surface area contributed by atoms with Gasteiger partial charge < -0.3 is 5.73 Å². The number of rotatable bonds is 3. The third-order valence-corrected chi connectivity index (χ3v) is 4.73. The molecule has 3 rings (SSSR count). The molecule has 1 aromatic heterocycles. The van der Waals surface area contributed by atoms with Gasteiger partial charge in [-0.25, -0.2) is 0 Å². The molecule has 0 spiro atoms. The quantitative estimate of drug-likeness (QED) is 0.917. The smallest absolute Gasteiger partial charge is 0.0644 e. The largest absolute Gasteiger partial charge is 0.320 e. The number of benzene rings is 1. The van der Waals surface area contributed by atoms with Gasteiger partial charge in [0.15, 0.2) is 0 Å². The summed E-state index contributed by atoms with van der Waals surface area (Å²) in [7, 11) is 0. The van der Waals surface area contributed by atoms with Gasteiger partial charge in [-0.3, -0.25) is 4.90 Å². The van der Waals surface area contributed by atoms with Crippen LogP contribution in [0.25, 0.3) is 0 Å². The van der Waals surface area contributed by atoms with E-state index in [0.29, 0.717) is 0 Å². The third kappa shape index (κ3) is 2.34. The summed E-state index contributed by atoms with van der Waals surface area (Å²) in [4.78, 5) is 3.77. The summed E-state index contributed by atoms with van der Waals surface area (Å²) >= 11 is 1.78. The lowest BCUT2D eigenvalue weighted by Crippen LogP contribution is -2.38. The van der Waals surface area contributed by atoms with Crippen molar-refractivity contribution in [1.82, 2.24) is 4.90 Å². The molecule has 94 valence electrons. The van der Waals surface area contributed by atoms with Gasteiger partial charge in [0.2, 0.25) is 0 Å². The predicted molar refractivity (Wildman–Crippen MR) is 76.5 cm³/mol. The molecule has 18 heavy (non-hydrogen) atoms. The van der Waals surface area contributed by atoms with Gasteiger partial charge >= 0.3 is 0 Å². The molecular formula is C15H18N2S. The van der Waals surface area contributed by atoms with Gasteiger partial charge in [-0.05, 0) is 23.4 Å². The number of nitrogens with two attached hydrogens (primary N) is 1.